The van der Waals surface area contributed by atoms with E-state index in [1.807, 2.05) is 0 Å². The summed E-state index contributed by atoms with van der Waals surface area (Å²) < 4.78 is 5.99. The number of halogens is 1. The van der Waals surface area contributed by atoms with Gasteiger partial charge in [0.1, 0.15) is 11.0 Å². The first kappa shape index (κ1) is 16.0. The van der Waals surface area contributed by atoms with Gasteiger partial charge in [-0.05, 0) is 42.2 Å². The molecular weight excluding hydrogens is 340 g/mol. The summed E-state index contributed by atoms with van der Waals surface area (Å²) in [5.41, 5.74) is 0.299. The Bertz CT molecular complexity index is 575. The Morgan fingerprint density at radius 3 is 3.10 bits per heavy atom. The van der Waals surface area contributed by atoms with E-state index < -0.39 is 5.97 Å². The van der Waals surface area contributed by atoms with Gasteiger partial charge < -0.3 is 15.4 Å². The van der Waals surface area contributed by atoms with Gasteiger partial charge in [0, 0.05) is 12.1 Å². The van der Waals surface area contributed by atoms with Crippen LogP contribution in [0.25, 0.3) is 0 Å². The number of hydrogen-bond donors (Lipinski definition) is 2. The topological polar surface area (TPSA) is 85.2 Å². The molecule has 0 bridgehead atoms. The van der Waals surface area contributed by atoms with Gasteiger partial charge >= 0.3 is 5.97 Å². The molecule has 2 N–H and O–H groups in total. The van der Waals surface area contributed by atoms with E-state index in [9.17, 15) is 9.59 Å². The number of carbonyl (C=O) groups is 1. The first-order valence-corrected chi connectivity index (χ1v) is 7.63. The molecule has 1 aliphatic heterocycles. The van der Waals surface area contributed by atoms with Gasteiger partial charge in [-0.3, -0.25) is 9.59 Å². The minimum atomic E-state index is -0.510. The second kappa shape index (κ2) is 7.04. The first-order valence-electron chi connectivity index (χ1n) is 6.83. The van der Waals surface area contributed by atoms with Gasteiger partial charge in [-0.15, -0.1) is 0 Å². The monoisotopic (exact) mass is 358 g/mol. The molecule has 21 heavy (non-hydrogen) atoms. The highest BCUT2D eigenvalue weighted by atomic mass is 79.9. The van der Waals surface area contributed by atoms with E-state index in [1.54, 1.807) is 6.20 Å². The molecule has 7 nitrogen and oxygen atoms in total. The number of anilines is 1. The Kier molecular flexibility index (Phi) is 5.35. The molecule has 2 rings (SSSR count). The zero-order valence-corrected chi connectivity index (χ0v) is 13.6. The van der Waals surface area contributed by atoms with E-state index in [-0.39, 0.29) is 12.1 Å². The number of nitrogens with zero attached hydrogens (tertiary/aromatic N) is 2. The van der Waals surface area contributed by atoms with Crippen molar-refractivity contribution >= 4 is 27.6 Å². The molecular formula is C13H19BrN4O3. The number of methoxy groups -OCH3 is 1. The molecule has 0 saturated carbocycles. The van der Waals surface area contributed by atoms with E-state index in [0.717, 1.165) is 24.1 Å². The highest BCUT2D eigenvalue weighted by Gasteiger charge is 2.20. The molecule has 1 fully saturated rings. The Morgan fingerprint density at radius 2 is 2.43 bits per heavy atom. The number of nitrogens with one attached hydrogen (secondary N) is 2. The standard InChI is InChI=1S/C13H19BrN4O3/c1-8-5-9(3-4-15-8)17-10-6-16-18(7-11(19)21-2)13(20)12(10)14/h6,8-9,15,17H,3-5,7H2,1-2H3. The van der Waals surface area contributed by atoms with E-state index in [4.69, 9.17) is 0 Å². The van der Waals surface area contributed by atoms with Crippen molar-refractivity contribution in [1.82, 2.24) is 15.1 Å². The zero-order valence-electron chi connectivity index (χ0n) is 12.1. The molecule has 1 aromatic heterocycles. The summed E-state index contributed by atoms with van der Waals surface area (Å²) in [4.78, 5) is 23.4. The maximum absolute atomic E-state index is 12.1. The van der Waals surface area contributed by atoms with Crippen LogP contribution >= 0.6 is 15.9 Å². The molecule has 0 aliphatic carbocycles. The van der Waals surface area contributed by atoms with Crippen molar-refractivity contribution in [3.63, 3.8) is 0 Å². The second-order valence-corrected chi connectivity index (χ2v) is 5.92. The summed E-state index contributed by atoms with van der Waals surface area (Å²) in [7, 11) is 1.27. The van der Waals surface area contributed by atoms with Crippen molar-refractivity contribution in [2.24, 2.45) is 0 Å². The number of rotatable bonds is 4. The number of piperidine rings is 1. The molecule has 0 spiro atoms. The van der Waals surface area contributed by atoms with Gasteiger partial charge in [-0.2, -0.15) is 5.10 Å². The summed E-state index contributed by atoms with van der Waals surface area (Å²) in [6.07, 6.45) is 3.53. The van der Waals surface area contributed by atoms with Crippen LogP contribution < -0.4 is 16.2 Å². The number of aromatic nitrogens is 2. The van der Waals surface area contributed by atoms with Gasteiger partial charge in [0.15, 0.2) is 0 Å². The summed E-state index contributed by atoms with van der Waals surface area (Å²) in [6, 6.07) is 0.748. The molecule has 2 heterocycles. The van der Waals surface area contributed by atoms with Crippen LogP contribution in [-0.2, 0) is 16.1 Å². The molecule has 1 aromatic rings. The van der Waals surface area contributed by atoms with Crippen molar-refractivity contribution in [2.45, 2.75) is 38.4 Å². The fourth-order valence-corrected chi connectivity index (χ4v) is 2.77. The van der Waals surface area contributed by atoms with Crippen molar-refractivity contribution in [2.75, 3.05) is 19.0 Å². The maximum Gasteiger partial charge on any atom is 0.327 e. The lowest BCUT2D eigenvalue weighted by molar-refractivity contribution is -0.141. The molecule has 116 valence electrons. The van der Waals surface area contributed by atoms with Crippen LogP contribution in [0.3, 0.4) is 0 Å². The SMILES string of the molecule is COC(=O)Cn1ncc(NC2CCNC(C)C2)c(Br)c1=O. The molecule has 0 radical (unpaired) electrons. The second-order valence-electron chi connectivity index (χ2n) is 5.13. The normalized spacial score (nSPS) is 21.9. The Balaban J connectivity index is 2.13. The number of carbonyl (C=O) groups excluding carboxylic acids is 1. The van der Waals surface area contributed by atoms with Crippen LogP contribution in [0, 0.1) is 0 Å². The highest BCUT2D eigenvalue weighted by molar-refractivity contribution is 9.10. The molecule has 2 atom stereocenters. The van der Waals surface area contributed by atoms with E-state index >= 15 is 0 Å². The summed E-state index contributed by atoms with van der Waals surface area (Å²) in [5.74, 6) is -0.510. The van der Waals surface area contributed by atoms with Crippen molar-refractivity contribution < 1.29 is 9.53 Å². The lowest BCUT2D eigenvalue weighted by Gasteiger charge is -2.29. The van der Waals surface area contributed by atoms with Gasteiger partial charge in [-0.1, -0.05) is 0 Å². The van der Waals surface area contributed by atoms with Crippen LogP contribution in [0.5, 0.6) is 0 Å². The van der Waals surface area contributed by atoms with Gasteiger partial charge in [0.05, 0.1) is 19.0 Å². The van der Waals surface area contributed by atoms with Crippen molar-refractivity contribution in [3.8, 4) is 0 Å². The highest BCUT2D eigenvalue weighted by Crippen LogP contribution is 2.20. The summed E-state index contributed by atoms with van der Waals surface area (Å²) in [5, 5.41) is 10.7. The smallest absolute Gasteiger partial charge is 0.327 e. The third kappa shape index (κ3) is 4.04. The third-order valence-corrected chi connectivity index (χ3v) is 4.24. The lowest BCUT2D eigenvalue weighted by Crippen LogP contribution is -2.41. The van der Waals surface area contributed by atoms with E-state index in [1.165, 1.54) is 7.11 Å². The maximum atomic E-state index is 12.1. The van der Waals surface area contributed by atoms with Crippen LogP contribution in [0.15, 0.2) is 15.5 Å². The average Bonchev–Trinajstić information content (AvgIpc) is 2.47. The van der Waals surface area contributed by atoms with Crippen LogP contribution in [0.2, 0.25) is 0 Å². The van der Waals surface area contributed by atoms with Crippen molar-refractivity contribution in [1.29, 1.82) is 0 Å². The minimum absolute atomic E-state index is 0.196. The third-order valence-electron chi connectivity index (χ3n) is 3.47. The molecule has 1 aliphatic rings. The molecule has 2 unspecified atom stereocenters. The summed E-state index contributed by atoms with van der Waals surface area (Å²) >= 11 is 3.28. The van der Waals surface area contributed by atoms with Crippen LogP contribution in [0.4, 0.5) is 5.69 Å². The fraction of sp³-hybridized carbons (Fsp3) is 0.615. The molecule has 0 amide bonds. The van der Waals surface area contributed by atoms with Crippen LogP contribution in [-0.4, -0.2) is 41.5 Å². The zero-order chi connectivity index (χ0) is 15.4. The van der Waals surface area contributed by atoms with E-state index in [2.05, 4.69) is 43.3 Å². The van der Waals surface area contributed by atoms with Crippen molar-refractivity contribution in [3.05, 3.63) is 21.0 Å². The Labute approximate surface area is 131 Å². The first-order chi connectivity index (χ1) is 10.0. The molecule has 1 saturated heterocycles. The van der Waals surface area contributed by atoms with Gasteiger partial charge in [0.25, 0.3) is 5.56 Å². The Morgan fingerprint density at radius 1 is 1.67 bits per heavy atom. The quantitative estimate of drug-likeness (QED) is 0.771. The number of ether oxygens (including phenoxy) is 1. The van der Waals surface area contributed by atoms with Gasteiger partial charge in [-0.25, -0.2) is 4.68 Å². The number of esters is 1. The number of hydrogen-bond acceptors (Lipinski definition) is 6. The minimum Gasteiger partial charge on any atom is -0.468 e. The van der Waals surface area contributed by atoms with Gasteiger partial charge in [0.2, 0.25) is 0 Å². The Hall–Kier alpha value is -1.41. The molecule has 8 heteroatoms. The van der Waals surface area contributed by atoms with Crippen LogP contribution in [0.1, 0.15) is 19.8 Å². The largest absolute Gasteiger partial charge is 0.468 e. The lowest BCUT2D eigenvalue weighted by atomic mass is 10.0. The fourth-order valence-electron chi connectivity index (χ4n) is 2.35. The summed E-state index contributed by atoms with van der Waals surface area (Å²) in [6.45, 7) is 2.89. The molecule has 0 aromatic carbocycles. The predicted molar refractivity (Wildman–Crippen MR) is 82.3 cm³/mol. The van der Waals surface area contributed by atoms with E-state index in [0.29, 0.717) is 22.2 Å². The predicted octanol–water partition coefficient (Wildman–Crippen LogP) is 0.731. The average molecular weight is 359 g/mol.